The van der Waals surface area contributed by atoms with Gasteiger partial charge in [-0.1, -0.05) is 23.7 Å². The molecule has 0 aliphatic carbocycles. The number of rotatable bonds is 4. The third-order valence-electron chi connectivity index (χ3n) is 3.31. The van der Waals surface area contributed by atoms with E-state index < -0.39 is 21.6 Å². The Balaban J connectivity index is 2.24. The summed E-state index contributed by atoms with van der Waals surface area (Å²) in [5.74, 6) is -1.04. The second-order valence-corrected chi connectivity index (χ2v) is 7.60. The molecular weight excluding hydrogens is 341 g/mol. The molecular formula is C16H15ClFNO3S. The largest absolute Gasteiger partial charge is 0.326 e. The number of hydrogen-bond acceptors (Lipinski definition) is 3. The van der Waals surface area contributed by atoms with Gasteiger partial charge >= 0.3 is 0 Å². The van der Waals surface area contributed by atoms with Gasteiger partial charge in [0.2, 0.25) is 5.91 Å². The molecule has 0 bridgehead atoms. The van der Waals surface area contributed by atoms with Gasteiger partial charge in [-0.3, -0.25) is 4.79 Å². The molecule has 1 N–H and O–H groups in total. The molecule has 0 spiro atoms. The van der Waals surface area contributed by atoms with Crippen LogP contribution in [0.25, 0.3) is 0 Å². The Labute approximate surface area is 139 Å². The third-order valence-corrected chi connectivity index (χ3v) is 4.77. The van der Waals surface area contributed by atoms with Crippen LogP contribution in [0, 0.1) is 12.7 Å². The number of carbonyl (C=O) groups excluding carboxylic acids is 1. The molecule has 122 valence electrons. The van der Waals surface area contributed by atoms with E-state index in [2.05, 4.69) is 5.32 Å². The molecule has 2 rings (SSSR count). The molecule has 7 heteroatoms. The summed E-state index contributed by atoms with van der Waals surface area (Å²) >= 11 is 5.89. The first-order valence-corrected chi connectivity index (χ1v) is 8.99. The van der Waals surface area contributed by atoms with E-state index in [1.54, 1.807) is 13.0 Å². The molecule has 0 aromatic heterocycles. The Bertz CT molecular complexity index is 845. The number of sulfone groups is 1. The summed E-state index contributed by atoms with van der Waals surface area (Å²) in [4.78, 5) is 12.2. The van der Waals surface area contributed by atoms with Gasteiger partial charge in [0.25, 0.3) is 0 Å². The van der Waals surface area contributed by atoms with Gasteiger partial charge in [-0.2, -0.15) is 0 Å². The molecule has 1 amide bonds. The van der Waals surface area contributed by atoms with Crippen LogP contribution in [0.4, 0.5) is 10.1 Å². The highest BCUT2D eigenvalue weighted by atomic mass is 35.5. The van der Waals surface area contributed by atoms with Crippen LogP contribution >= 0.6 is 11.6 Å². The van der Waals surface area contributed by atoms with Crippen LogP contribution < -0.4 is 5.32 Å². The van der Waals surface area contributed by atoms with Gasteiger partial charge < -0.3 is 5.32 Å². The van der Waals surface area contributed by atoms with Gasteiger partial charge in [-0.25, -0.2) is 12.8 Å². The predicted octanol–water partition coefficient (Wildman–Crippen LogP) is 3.37. The van der Waals surface area contributed by atoms with Crippen molar-refractivity contribution in [2.24, 2.45) is 0 Å². The van der Waals surface area contributed by atoms with Crippen molar-refractivity contribution in [1.29, 1.82) is 0 Å². The second kappa shape index (κ2) is 6.68. The Morgan fingerprint density at radius 3 is 2.57 bits per heavy atom. The number of hydrogen-bond donors (Lipinski definition) is 1. The molecule has 0 unspecified atom stereocenters. The molecule has 0 heterocycles. The number of carbonyl (C=O) groups is 1. The fraction of sp³-hybridized carbons (Fsp3) is 0.188. The summed E-state index contributed by atoms with van der Waals surface area (Å²) in [6, 6.07) is 8.63. The minimum atomic E-state index is -3.38. The van der Waals surface area contributed by atoms with Crippen LogP contribution in [0.2, 0.25) is 5.02 Å². The van der Waals surface area contributed by atoms with Crippen molar-refractivity contribution in [3.8, 4) is 0 Å². The Morgan fingerprint density at radius 1 is 1.26 bits per heavy atom. The van der Waals surface area contributed by atoms with Crippen LogP contribution in [-0.2, 0) is 21.1 Å². The van der Waals surface area contributed by atoms with Crippen molar-refractivity contribution in [3.05, 3.63) is 58.4 Å². The molecule has 2 aromatic carbocycles. The summed E-state index contributed by atoms with van der Waals surface area (Å²) in [6.45, 7) is 1.73. The number of anilines is 1. The first-order valence-electron chi connectivity index (χ1n) is 6.72. The minimum absolute atomic E-state index is 0.0994. The maximum absolute atomic E-state index is 13.7. The molecule has 0 aliphatic rings. The molecule has 23 heavy (non-hydrogen) atoms. The minimum Gasteiger partial charge on any atom is -0.326 e. The zero-order chi connectivity index (χ0) is 17.2. The van der Waals surface area contributed by atoms with E-state index in [9.17, 15) is 17.6 Å². The number of halogens is 2. The molecule has 0 aliphatic heterocycles. The highest BCUT2D eigenvalue weighted by Crippen LogP contribution is 2.22. The Kier molecular flexibility index (Phi) is 5.06. The van der Waals surface area contributed by atoms with E-state index >= 15 is 0 Å². The van der Waals surface area contributed by atoms with E-state index in [1.807, 2.05) is 0 Å². The van der Waals surface area contributed by atoms with Crippen molar-refractivity contribution in [2.75, 3.05) is 11.6 Å². The van der Waals surface area contributed by atoms with Crippen molar-refractivity contribution < 1.29 is 17.6 Å². The number of benzene rings is 2. The van der Waals surface area contributed by atoms with Gasteiger partial charge in [0.15, 0.2) is 9.84 Å². The lowest BCUT2D eigenvalue weighted by Crippen LogP contribution is -2.16. The van der Waals surface area contributed by atoms with Crippen molar-refractivity contribution in [3.63, 3.8) is 0 Å². The van der Waals surface area contributed by atoms with E-state index in [0.29, 0.717) is 11.3 Å². The van der Waals surface area contributed by atoms with Crippen molar-refractivity contribution in [2.45, 2.75) is 18.2 Å². The average molecular weight is 356 g/mol. The van der Waals surface area contributed by atoms with E-state index in [1.165, 1.54) is 30.3 Å². The lowest BCUT2D eigenvalue weighted by molar-refractivity contribution is -0.115. The zero-order valence-corrected chi connectivity index (χ0v) is 14.1. The highest BCUT2D eigenvalue weighted by Gasteiger charge is 2.14. The summed E-state index contributed by atoms with van der Waals surface area (Å²) in [5.41, 5.74) is 1.17. The SMILES string of the molecule is Cc1ccc(S(C)(=O)=O)cc1NC(=O)Cc1c(F)cccc1Cl. The van der Waals surface area contributed by atoms with Crippen LogP contribution in [0.1, 0.15) is 11.1 Å². The van der Waals surface area contributed by atoms with Gasteiger partial charge in [0.1, 0.15) is 5.82 Å². The lowest BCUT2D eigenvalue weighted by Gasteiger charge is -2.11. The van der Waals surface area contributed by atoms with Crippen LogP contribution in [0.15, 0.2) is 41.3 Å². The molecule has 0 atom stereocenters. The fourth-order valence-electron chi connectivity index (χ4n) is 2.02. The predicted molar refractivity (Wildman–Crippen MR) is 88.0 cm³/mol. The zero-order valence-electron chi connectivity index (χ0n) is 12.6. The van der Waals surface area contributed by atoms with E-state index in [-0.39, 0.29) is 21.9 Å². The number of aryl methyl sites for hydroxylation is 1. The van der Waals surface area contributed by atoms with Gasteiger partial charge in [0.05, 0.1) is 11.3 Å². The van der Waals surface area contributed by atoms with E-state index in [4.69, 9.17) is 11.6 Å². The van der Waals surface area contributed by atoms with Crippen LogP contribution in [0.3, 0.4) is 0 Å². The molecule has 4 nitrogen and oxygen atoms in total. The quantitative estimate of drug-likeness (QED) is 0.914. The van der Waals surface area contributed by atoms with Crippen LogP contribution in [-0.4, -0.2) is 20.6 Å². The summed E-state index contributed by atoms with van der Waals surface area (Å²) in [7, 11) is -3.38. The molecule has 0 fully saturated rings. The topological polar surface area (TPSA) is 63.2 Å². The number of amides is 1. The Morgan fingerprint density at radius 2 is 1.96 bits per heavy atom. The standard InChI is InChI=1S/C16H15ClFNO3S/c1-10-6-7-11(23(2,21)22)8-15(10)19-16(20)9-12-13(17)4-3-5-14(12)18/h3-8H,9H2,1-2H3,(H,19,20). The monoisotopic (exact) mass is 355 g/mol. The summed E-state index contributed by atoms with van der Waals surface area (Å²) in [5, 5.41) is 2.77. The van der Waals surface area contributed by atoms with Gasteiger partial charge in [-0.15, -0.1) is 0 Å². The average Bonchev–Trinajstić information content (AvgIpc) is 2.44. The molecule has 0 saturated carbocycles. The van der Waals surface area contributed by atoms with Crippen LogP contribution in [0.5, 0.6) is 0 Å². The maximum Gasteiger partial charge on any atom is 0.228 e. The normalized spacial score (nSPS) is 11.3. The maximum atomic E-state index is 13.7. The van der Waals surface area contributed by atoms with Crippen molar-refractivity contribution in [1.82, 2.24) is 0 Å². The third kappa shape index (κ3) is 4.30. The lowest BCUT2D eigenvalue weighted by atomic mass is 10.1. The molecule has 0 saturated heterocycles. The summed E-state index contributed by atoms with van der Waals surface area (Å²) in [6.07, 6.45) is 0.844. The summed E-state index contributed by atoms with van der Waals surface area (Å²) < 4.78 is 36.9. The van der Waals surface area contributed by atoms with Gasteiger partial charge in [0, 0.05) is 22.5 Å². The fourth-order valence-corrected chi connectivity index (χ4v) is 2.90. The Hall–Kier alpha value is -1.92. The first kappa shape index (κ1) is 17.4. The molecule has 2 aromatic rings. The molecule has 0 radical (unpaired) electrons. The highest BCUT2D eigenvalue weighted by molar-refractivity contribution is 7.90. The first-order chi connectivity index (χ1) is 10.7. The van der Waals surface area contributed by atoms with Crippen molar-refractivity contribution >= 4 is 33.0 Å². The van der Waals surface area contributed by atoms with E-state index in [0.717, 1.165) is 6.26 Å². The smallest absolute Gasteiger partial charge is 0.228 e. The van der Waals surface area contributed by atoms with Gasteiger partial charge in [-0.05, 0) is 36.8 Å². The second-order valence-electron chi connectivity index (χ2n) is 5.17. The number of nitrogens with one attached hydrogen (secondary N) is 1.